The van der Waals surface area contributed by atoms with Gasteiger partial charge in [0.05, 0.1) is 11.4 Å². The monoisotopic (exact) mass is 269 g/mol. The molecule has 1 atom stereocenters. The van der Waals surface area contributed by atoms with E-state index in [0.29, 0.717) is 5.69 Å². The Morgan fingerprint density at radius 3 is 2.40 bits per heavy atom. The van der Waals surface area contributed by atoms with Gasteiger partial charge in [-0.15, -0.1) is 0 Å². The van der Waals surface area contributed by atoms with Gasteiger partial charge in [-0.3, -0.25) is 9.78 Å². The lowest BCUT2D eigenvalue weighted by Gasteiger charge is -2.24. The second-order valence-corrected chi connectivity index (χ2v) is 5.11. The van der Waals surface area contributed by atoms with Gasteiger partial charge in [0.2, 0.25) is 5.91 Å². The van der Waals surface area contributed by atoms with Gasteiger partial charge in [-0.25, -0.2) is 0 Å². The molecule has 0 bridgehead atoms. The van der Waals surface area contributed by atoms with E-state index in [1.54, 1.807) is 6.92 Å². The maximum Gasteiger partial charge on any atom is 0.248 e. The van der Waals surface area contributed by atoms with Crippen molar-refractivity contribution in [2.24, 2.45) is 5.73 Å². The summed E-state index contributed by atoms with van der Waals surface area (Å²) in [5.41, 5.74) is 8.25. The number of hydrogen-bond donors (Lipinski definition) is 2. The summed E-state index contributed by atoms with van der Waals surface area (Å²) < 4.78 is 0. The van der Waals surface area contributed by atoms with E-state index < -0.39 is 5.54 Å². The molecule has 1 amide bonds. The molecular formula is C16H19N3O. The van der Waals surface area contributed by atoms with Gasteiger partial charge in [0.15, 0.2) is 0 Å². The lowest BCUT2D eigenvalue weighted by atomic mass is 9.92. The van der Waals surface area contributed by atoms with Crippen LogP contribution >= 0.6 is 0 Å². The van der Waals surface area contributed by atoms with Crippen molar-refractivity contribution >= 4 is 11.6 Å². The van der Waals surface area contributed by atoms with Gasteiger partial charge in [0.1, 0.15) is 5.54 Å². The van der Waals surface area contributed by atoms with Crippen LogP contribution in [0, 0.1) is 13.8 Å². The molecule has 0 radical (unpaired) electrons. The predicted octanol–water partition coefficient (Wildman–Crippen LogP) is 2.51. The Labute approximate surface area is 119 Å². The average molecular weight is 269 g/mol. The summed E-state index contributed by atoms with van der Waals surface area (Å²) in [6.07, 6.45) is 0. The Balaban J connectivity index is 2.23. The van der Waals surface area contributed by atoms with Crippen LogP contribution in [0.5, 0.6) is 0 Å². The smallest absolute Gasteiger partial charge is 0.248 e. The van der Waals surface area contributed by atoms with Gasteiger partial charge in [-0.1, -0.05) is 30.3 Å². The Hall–Kier alpha value is -2.20. The van der Waals surface area contributed by atoms with Crippen molar-refractivity contribution in [3.63, 3.8) is 0 Å². The number of amides is 1. The summed E-state index contributed by atoms with van der Waals surface area (Å²) >= 11 is 0. The van der Waals surface area contributed by atoms with Crippen LogP contribution in [0.3, 0.4) is 0 Å². The molecule has 1 heterocycles. The van der Waals surface area contributed by atoms with E-state index in [9.17, 15) is 4.79 Å². The number of hydrogen-bond acceptors (Lipinski definition) is 3. The zero-order valence-corrected chi connectivity index (χ0v) is 12.0. The van der Waals surface area contributed by atoms with E-state index >= 15 is 0 Å². The van der Waals surface area contributed by atoms with Crippen molar-refractivity contribution in [1.29, 1.82) is 0 Å². The minimum atomic E-state index is -1.08. The van der Waals surface area contributed by atoms with E-state index in [2.05, 4.69) is 10.3 Å². The SMILES string of the molecule is Cc1ccc(NC(=O)C(C)(N)c2ccccc2)c(C)n1. The number of carbonyl (C=O) groups excluding carboxylic acids is 1. The molecule has 4 nitrogen and oxygen atoms in total. The van der Waals surface area contributed by atoms with Crippen LogP contribution in [0.25, 0.3) is 0 Å². The van der Waals surface area contributed by atoms with Crippen molar-refractivity contribution in [3.05, 3.63) is 59.4 Å². The fraction of sp³-hybridized carbons (Fsp3) is 0.250. The molecule has 2 rings (SSSR count). The number of nitrogens with zero attached hydrogens (tertiary/aromatic N) is 1. The van der Waals surface area contributed by atoms with E-state index in [1.807, 2.05) is 56.3 Å². The number of nitrogens with two attached hydrogens (primary N) is 1. The summed E-state index contributed by atoms with van der Waals surface area (Å²) in [7, 11) is 0. The summed E-state index contributed by atoms with van der Waals surface area (Å²) in [5.74, 6) is -0.252. The maximum absolute atomic E-state index is 12.4. The van der Waals surface area contributed by atoms with Crippen molar-refractivity contribution in [2.45, 2.75) is 26.3 Å². The molecule has 2 aromatic rings. The molecule has 1 aromatic heterocycles. The van der Waals surface area contributed by atoms with Crippen LogP contribution in [-0.2, 0) is 10.3 Å². The second-order valence-electron chi connectivity index (χ2n) is 5.11. The van der Waals surface area contributed by atoms with Gasteiger partial charge in [-0.05, 0) is 38.5 Å². The standard InChI is InChI=1S/C16H19N3O/c1-11-9-10-14(12(2)18-11)19-15(20)16(3,17)13-7-5-4-6-8-13/h4-10H,17H2,1-3H3,(H,19,20). The quantitative estimate of drug-likeness (QED) is 0.899. The van der Waals surface area contributed by atoms with E-state index in [4.69, 9.17) is 5.73 Å². The molecule has 20 heavy (non-hydrogen) atoms. The number of aryl methyl sites for hydroxylation is 2. The number of pyridine rings is 1. The van der Waals surface area contributed by atoms with Gasteiger partial charge in [0, 0.05) is 5.69 Å². The van der Waals surface area contributed by atoms with Crippen molar-refractivity contribution in [1.82, 2.24) is 4.98 Å². The second kappa shape index (κ2) is 5.43. The summed E-state index contributed by atoms with van der Waals surface area (Å²) in [6, 6.07) is 13.0. The number of benzene rings is 1. The molecule has 0 aliphatic rings. The Morgan fingerprint density at radius 2 is 1.80 bits per heavy atom. The van der Waals surface area contributed by atoms with E-state index in [0.717, 1.165) is 17.0 Å². The van der Waals surface area contributed by atoms with Crippen molar-refractivity contribution < 1.29 is 4.79 Å². The van der Waals surface area contributed by atoms with Crippen LogP contribution in [-0.4, -0.2) is 10.9 Å². The largest absolute Gasteiger partial charge is 0.323 e. The van der Waals surface area contributed by atoms with Gasteiger partial charge < -0.3 is 11.1 Å². The highest BCUT2D eigenvalue weighted by atomic mass is 16.2. The van der Waals surface area contributed by atoms with Crippen LogP contribution in [0.15, 0.2) is 42.5 Å². The molecule has 0 spiro atoms. The molecular weight excluding hydrogens is 250 g/mol. The summed E-state index contributed by atoms with van der Waals surface area (Å²) in [6.45, 7) is 5.48. The molecule has 0 saturated carbocycles. The summed E-state index contributed by atoms with van der Waals surface area (Å²) in [4.78, 5) is 16.7. The zero-order valence-electron chi connectivity index (χ0n) is 12.0. The molecule has 4 heteroatoms. The third-order valence-electron chi connectivity index (χ3n) is 3.32. The Kier molecular flexibility index (Phi) is 3.86. The lowest BCUT2D eigenvalue weighted by Crippen LogP contribution is -2.45. The predicted molar refractivity (Wildman–Crippen MR) is 80.3 cm³/mol. The van der Waals surface area contributed by atoms with Crippen molar-refractivity contribution in [3.8, 4) is 0 Å². The number of carbonyl (C=O) groups is 1. The van der Waals surface area contributed by atoms with Crippen LogP contribution in [0.1, 0.15) is 23.9 Å². The van der Waals surface area contributed by atoms with Gasteiger partial charge in [-0.2, -0.15) is 0 Å². The first-order valence-electron chi connectivity index (χ1n) is 6.51. The molecule has 0 aliphatic heterocycles. The highest BCUT2D eigenvalue weighted by Crippen LogP contribution is 2.21. The highest BCUT2D eigenvalue weighted by molar-refractivity contribution is 5.98. The van der Waals surface area contributed by atoms with E-state index in [1.165, 1.54) is 0 Å². The Bertz CT molecular complexity index is 621. The summed E-state index contributed by atoms with van der Waals surface area (Å²) in [5, 5.41) is 2.85. The maximum atomic E-state index is 12.4. The van der Waals surface area contributed by atoms with Crippen molar-refractivity contribution in [2.75, 3.05) is 5.32 Å². The first-order valence-corrected chi connectivity index (χ1v) is 6.51. The first-order chi connectivity index (χ1) is 9.41. The fourth-order valence-electron chi connectivity index (χ4n) is 1.99. The van der Waals surface area contributed by atoms with Crippen LogP contribution in [0.2, 0.25) is 0 Å². The Morgan fingerprint density at radius 1 is 1.15 bits per heavy atom. The first kappa shape index (κ1) is 14.2. The normalized spacial score (nSPS) is 13.6. The third-order valence-corrected chi connectivity index (χ3v) is 3.32. The number of rotatable bonds is 3. The minimum Gasteiger partial charge on any atom is -0.323 e. The third kappa shape index (κ3) is 2.86. The molecule has 3 N–H and O–H groups in total. The molecule has 0 fully saturated rings. The number of nitrogens with one attached hydrogen (secondary N) is 1. The molecule has 1 unspecified atom stereocenters. The molecule has 0 aliphatic carbocycles. The highest BCUT2D eigenvalue weighted by Gasteiger charge is 2.30. The molecule has 1 aromatic carbocycles. The van der Waals surface area contributed by atoms with E-state index in [-0.39, 0.29) is 5.91 Å². The number of anilines is 1. The zero-order chi connectivity index (χ0) is 14.8. The van der Waals surface area contributed by atoms with Crippen LogP contribution in [0.4, 0.5) is 5.69 Å². The molecule has 0 saturated heterocycles. The minimum absolute atomic E-state index is 0.252. The van der Waals surface area contributed by atoms with Gasteiger partial charge >= 0.3 is 0 Å². The van der Waals surface area contributed by atoms with Gasteiger partial charge in [0.25, 0.3) is 0 Å². The van der Waals surface area contributed by atoms with Crippen LogP contribution < -0.4 is 11.1 Å². The topological polar surface area (TPSA) is 68.0 Å². The fourth-order valence-corrected chi connectivity index (χ4v) is 1.99. The lowest BCUT2D eigenvalue weighted by molar-refractivity contribution is -0.120. The molecule has 104 valence electrons. The average Bonchev–Trinajstić information content (AvgIpc) is 2.42. The number of aromatic nitrogens is 1.